The van der Waals surface area contributed by atoms with E-state index in [1.165, 1.54) is 0 Å². The Balaban J connectivity index is 0.000000216. The van der Waals surface area contributed by atoms with Crippen LogP contribution in [0, 0.1) is 0 Å². The van der Waals surface area contributed by atoms with Crippen molar-refractivity contribution in [2.45, 2.75) is 77.7 Å². The fourth-order valence-electron chi connectivity index (χ4n) is 4.73. The van der Waals surface area contributed by atoms with Crippen LogP contribution in [0.1, 0.15) is 82.8 Å². The van der Waals surface area contributed by atoms with Crippen molar-refractivity contribution in [1.82, 2.24) is 10.3 Å². The van der Waals surface area contributed by atoms with E-state index in [2.05, 4.69) is 19.6 Å². The molecular formula is C32H37Cl4N2O4P. The summed E-state index contributed by atoms with van der Waals surface area (Å²) in [5, 5.41) is 20.1. The van der Waals surface area contributed by atoms with Crippen molar-refractivity contribution in [3.63, 3.8) is 0 Å². The second-order valence-electron chi connectivity index (χ2n) is 10.4. The first-order chi connectivity index (χ1) is 20.6. The fraction of sp³-hybridized carbons (Fsp3) is 0.406. The van der Waals surface area contributed by atoms with Gasteiger partial charge in [0, 0.05) is 48.3 Å². The number of benzene rings is 2. The minimum atomic E-state index is -0.466. The molecule has 2 aliphatic rings. The summed E-state index contributed by atoms with van der Waals surface area (Å²) in [4.78, 5) is 11.5. The molecule has 2 saturated carbocycles. The Morgan fingerprint density at radius 1 is 0.907 bits per heavy atom. The first-order valence-electron chi connectivity index (χ1n) is 14.3. The van der Waals surface area contributed by atoms with Crippen molar-refractivity contribution in [2.24, 2.45) is 0 Å². The molecule has 11 heteroatoms. The zero-order valence-corrected chi connectivity index (χ0v) is 27.5. The van der Waals surface area contributed by atoms with Crippen LogP contribution >= 0.6 is 55.6 Å². The maximum absolute atomic E-state index is 11.5. The number of aromatic nitrogens is 2. The molecule has 2 aliphatic carbocycles. The maximum Gasteiger partial charge on any atom is 0.144 e. The third kappa shape index (κ3) is 8.63. The van der Waals surface area contributed by atoms with Crippen molar-refractivity contribution in [2.75, 3.05) is 6.64 Å². The molecule has 0 amide bonds. The number of hydrogen-bond acceptors (Lipinski definition) is 6. The zero-order valence-electron chi connectivity index (χ0n) is 24.3. The second kappa shape index (κ2) is 15.9. The van der Waals surface area contributed by atoms with Crippen LogP contribution in [0.5, 0.6) is 0 Å². The summed E-state index contributed by atoms with van der Waals surface area (Å²) in [5.74, 6) is 2.56. The van der Waals surface area contributed by atoms with Gasteiger partial charge in [-0.25, -0.2) is 0 Å². The molecule has 43 heavy (non-hydrogen) atoms. The smallest absolute Gasteiger partial charge is 0.144 e. The van der Waals surface area contributed by atoms with Gasteiger partial charge in [-0.1, -0.05) is 82.9 Å². The van der Waals surface area contributed by atoms with E-state index < -0.39 is 6.10 Å². The highest BCUT2D eigenvalue weighted by molar-refractivity contribution is 7.15. The van der Waals surface area contributed by atoms with Crippen LogP contribution in [0.15, 0.2) is 45.4 Å². The van der Waals surface area contributed by atoms with Crippen LogP contribution in [0.2, 0.25) is 20.1 Å². The van der Waals surface area contributed by atoms with Gasteiger partial charge < -0.3 is 14.2 Å². The number of rotatable bonds is 8. The number of halogens is 4. The summed E-state index contributed by atoms with van der Waals surface area (Å²) in [6.07, 6.45) is 4.70. The van der Waals surface area contributed by atoms with Gasteiger partial charge in [-0.15, -0.1) is 9.24 Å². The quantitative estimate of drug-likeness (QED) is 0.186. The van der Waals surface area contributed by atoms with E-state index in [-0.39, 0.29) is 13.2 Å². The third-order valence-corrected chi connectivity index (χ3v) is 8.12. The van der Waals surface area contributed by atoms with Crippen molar-refractivity contribution < 1.29 is 20.3 Å². The van der Waals surface area contributed by atoms with Crippen LogP contribution in [-0.4, -0.2) is 33.9 Å². The van der Waals surface area contributed by atoms with Crippen molar-refractivity contribution >= 4 is 61.4 Å². The molecule has 0 bridgehead atoms. The van der Waals surface area contributed by atoms with Gasteiger partial charge in [0.05, 0.1) is 26.2 Å². The standard InChI is InChI=1S/C15H15Cl2NO2.C15H13Cl2NO2.CH5P.CH4/c2*1-8(19)7-10-14(18-20-15(10)9-5-6-9)13-11(16)3-2-4-12(13)17;1-2;/h2-4,8-9,19H,5-7H2,1H3;2-4,9H,5-7H2,1H3;2H2,1H3;1H4/i;;1D;. The highest BCUT2D eigenvalue weighted by atomic mass is 35.5. The molecule has 0 radical (unpaired) electrons. The Kier molecular flexibility index (Phi) is 12.5. The average molecular weight is 687 g/mol. The molecule has 2 aromatic heterocycles. The molecule has 2 aromatic carbocycles. The number of carbonyl (C=O) groups is 1. The third-order valence-electron chi connectivity index (χ3n) is 6.86. The van der Waals surface area contributed by atoms with E-state index in [1.54, 1.807) is 50.2 Å². The van der Waals surface area contributed by atoms with E-state index in [1.807, 2.05) is 0 Å². The lowest BCUT2D eigenvalue weighted by molar-refractivity contribution is -0.116. The molecule has 0 saturated heterocycles. The molecule has 4 aromatic rings. The summed E-state index contributed by atoms with van der Waals surface area (Å²) in [7, 11) is 2.25. The molecule has 0 aliphatic heterocycles. The molecule has 232 valence electrons. The Labute approximate surface area is 277 Å². The van der Waals surface area contributed by atoms with Crippen LogP contribution < -0.4 is 0 Å². The maximum atomic E-state index is 11.5. The van der Waals surface area contributed by atoms with Crippen molar-refractivity contribution in [3.8, 4) is 22.5 Å². The van der Waals surface area contributed by atoms with E-state index in [0.717, 1.165) is 48.3 Å². The lowest BCUT2D eigenvalue weighted by Gasteiger charge is -2.08. The molecule has 6 nitrogen and oxygen atoms in total. The number of Topliss-reactive ketones (excluding diaryl/α,β-unsaturated/α-hetero) is 1. The number of ketones is 1. The molecule has 2 unspecified atom stereocenters. The van der Waals surface area contributed by atoms with Crippen LogP contribution in [-0.2, 0) is 17.6 Å². The number of carbonyl (C=O) groups excluding carboxylic acids is 1. The average Bonchev–Trinajstić information content (AvgIpc) is 3.87. The Hall–Kier alpha value is -1.92. The number of aliphatic hydroxyl groups is 1. The SMILES string of the molecule is C.CC(=O)Cc1c(-c2c(Cl)cccc2Cl)noc1C1CC1.CC(O)Cc1c(-c2c(Cl)cccc2Cl)noc1C1CC1.[2H]CP. The molecule has 2 heterocycles. The largest absolute Gasteiger partial charge is 0.393 e. The summed E-state index contributed by atoms with van der Waals surface area (Å²) < 4.78 is 17.1. The predicted octanol–water partition coefficient (Wildman–Crippen LogP) is 10.2. The lowest BCUT2D eigenvalue weighted by Crippen LogP contribution is -2.06. The number of hydrogen-bond donors (Lipinski definition) is 1. The summed E-state index contributed by atoms with van der Waals surface area (Å²) in [5.41, 5.74) is 4.33. The van der Waals surface area contributed by atoms with Gasteiger partial charge in [0.2, 0.25) is 0 Å². The molecular weight excluding hydrogens is 649 g/mol. The molecule has 2 fully saturated rings. The summed E-state index contributed by atoms with van der Waals surface area (Å²) >= 11 is 24.9. The van der Waals surface area contributed by atoms with Crippen LogP contribution in [0.4, 0.5) is 0 Å². The fourth-order valence-corrected chi connectivity index (χ4v) is 5.88. The summed E-state index contributed by atoms with van der Waals surface area (Å²) in [6, 6.07) is 10.6. The Bertz CT molecular complexity index is 1530. The van der Waals surface area contributed by atoms with E-state index in [9.17, 15) is 9.90 Å². The monoisotopic (exact) mass is 685 g/mol. The normalized spacial score (nSPS) is 14.8. The zero-order chi connectivity index (χ0) is 31.3. The van der Waals surface area contributed by atoms with E-state index in [4.69, 9.17) is 56.8 Å². The Morgan fingerprint density at radius 2 is 1.28 bits per heavy atom. The van der Waals surface area contributed by atoms with Gasteiger partial charge in [-0.2, -0.15) is 0 Å². The summed E-state index contributed by atoms with van der Waals surface area (Å²) in [6.45, 7) is 3.73. The van der Waals surface area contributed by atoms with Crippen molar-refractivity contribution in [3.05, 3.63) is 79.1 Å². The second-order valence-corrected chi connectivity index (χ2v) is 12.1. The predicted molar refractivity (Wildman–Crippen MR) is 180 cm³/mol. The van der Waals surface area contributed by atoms with Gasteiger partial charge >= 0.3 is 0 Å². The van der Waals surface area contributed by atoms with E-state index in [0.29, 0.717) is 73.9 Å². The topological polar surface area (TPSA) is 89.4 Å². The highest BCUT2D eigenvalue weighted by Crippen LogP contribution is 2.47. The molecule has 6 rings (SSSR count). The van der Waals surface area contributed by atoms with Gasteiger partial charge in [0.1, 0.15) is 28.7 Å². The molecule has 2 atom stereocenters. The van der Waals surface area contributed by atoms with Gasteiger partial charge in [-0.3, -0.25) is 4.79 Å². The van der Waals surface area contributed by atoms with Gasteiger partial charge in [-0.05, 0) is 63.8 Å². The first kappa shape index (κ1) is 34.0. The first-order valence-corrected chi connectivity index (χ1v) is 15.9. The van der Waals surface area contributed by atoms with Crippen LogP contribution in [0.25, 0.3) is 22.5 Å². The lowest BCUT2D eigenvalue weighted by atomic mass is 9.99. The minimum absolute atomic E-state index is 0. The van der Waals surface area contributed by atoms with Gasteiger partial charge in [0.25, 0.3) is 0 Å². The van der Waals surface area contributed by atoms with Crippen LogP contribution in [0.3, 0.4) is 0 Å². The minimum Gasteiger partial charge on any atom is -0.393 e. The Morgan fingerprint density at radius 3 is 1.63 bits per heavy atom. The van der Waals surface area contributed by atoms with Gasteiger partial charge in [0.15, 0.2) is 0 Å². The van der Waals surface area contributed by atoms with Crippen molar-refractivity contribution in [1.29, 1.82) is 0 Å². The number of nitrogens with zero attached hydrogens (tertiary/aromatic N) is 2. The molecule has 1 N–H and O–H groups in total. The number of aliphatic hydroxyl groups excluding tert-OH is 1. The van der Waals surface area contributed by atoms with E-state index >= 15 is 0 Å². The highest BCUT2D eigenvalue weighted by Gasteiger charge is 2.34. The molecule has 0 spiro atoms.